The Morgan fingerprint density at radius 2 is 1.16 bits per heavy atom. The highest BCUT2D eigenvalue weighted by Gasteiger charge is 2.07. The summed E-state index contributed by atoms with van der Waals surface area (Å²) >= 11 is 0. The summed E-state index contributed by atoms with van der Waals surface area (Å²) in [5.41, 5.74) is 4.60. The second kappa shape index (κ2) is 7.06. The molecule has 25 heavy (non-hydrogen) atoms. The first-order valence-electron chi connectivity index (χ1n) is 8.29. The highest BCUT2D eigenvalue weighted by Crippen LogP contribution is 2.33. The van der Waals surface area contributed by atoms with Crippen LogP contribution in [0.2, 0.25) is 0 Å². The van der Waals surface area contributed by atoms with E-state index in [2.05, 4.69) is 48.5 Å². The lowest BCUT2D eigenvalue weighted by molar-refractivity contribution is 0.483. The maximum Gasteiger partial charge on any atom is 0.127 e. The maximum absolute atomic E-state index is 5.88. The fourth-order valence-electron chi connectivity index (χ4n) is 2.85. The van der Waals surface area contributed by atoms with E-state index in [0.29, 0.717) is 0 Å². The molecule has 0 aliphatic heterocycles. The van der Waals surface area contributed by atoms with Crippen LogP contribution in [0.5, 0.6) is 11.5 Å². The van der Waals surface area contributed by atoms with Crippen molar-refractivity contribution in [3.05, 3.63) is 109 Å². The molecule has 1 nitrogen and oxygen atoms in total. The standard InChI is InChI=1S/C24H17O/c1-3-9-19(10-4-1)23-13-7-8-14-24(23)20-15-17-22(18-16-20)25-21-11-5-2-6-12-21/h1-12,14-18H. The lowest BCUT2D eigenvalue weighted by atomic mass is 9.95. The summed E-state index contributed by atoms with van der Waals surface area (Å²) in [6, 6.07) is 37.9. The van der Waals surface area contributed by atoms with Gasteiger partial charge in [-0.3, -0.25) is 0 Å². The largest absolute Gasteiger partial charge is 0.457 e. The Balaban J connectivity index is 1.65. The molecule has 0 aliphatic rings. The first kappa shape index (κ1) is 15.2. The van der Waals surface area contributed by atoms with E-state index in [1.807, 2.05) is 60.7 Å². The number of para-hydroxylation sites is 1. The zero-order valence-corrected chi connectivity index (χ0v) is 13.7. The van der Waals surface area contributed by atoms with E-state index in [9.17, 15) is 0 Å². The number of benzene rings is 4. The van der Waals surface area contributed by atoms with Crippen LogP contribution in [-0.4, -0.2) is 0 Å². The van der Waals surface area contributed by atoms with Crippen LogP contribution in [0.4, 0.5) is 0 Å². The molecule has 1 radical (unpaired) electrons. The highest BCUT2D eigenvalue weighted by atomic mass is 16.5. The highest BCUT2D eigenvalue weighted by molar-refractivity contribution is 5.83. The normalized spacial score (nSPS) is 10.4. The Morgan fingerprint density at radius 3 is 1.88 bits per heavy atom. The first-order valence-corrected chi connectivity index (χ1v) is 8.29. The molecule has 0 aromatic heterocycles. The third-order valence-electron chi connectivity index (χ3n) is 4.06. The van der Waals surface area contributed by atoms with Crippen LogP contribution in [0, 0.1) is 6.07 Å². The second-order valence-corrected chi connectivity index (χ2v) is 5.76. The molecule has 0 bridgehead atoms. The lowest BCUT2D eigenvalue weighted by Crippen LogP contribution is -1.87. The van der Waals surface area contributed by atoms with Crippen molar-refractivity contribution in [2.45, 2.75) is 0 Å². The zero-order chi connectivity index (χ0) is 16.9. The summed E-state index contributed by atoms with van der Waals surface area (Å²) in [7, 11) is 0. The molecule has 0 N–H and O–H groups in total. The summed E-state index contributed by atoms with van der Waals surface area (Å²) in [6.07, 6.45) is 0. The van der Waals surface area contributed by atoms with Gasteiger partial charge in [0, 0.05) is 0 Å². The number of rotatable bonds is 4. The van der Waals surface area contributed by atoms with Gasteiger partial charge in [0.05, 0.1) is 0 Å². The van der Waals surface area contributed by atoms with Gasteiger partial charge in [-0.15, -0.1) is 0 Å². The molecule has 1 heteroatoms. The molecule has 0 saturated carbocycles. The number of hydrogen-bond acceptors (Lipinski definition) is 1. The molecular weight excluding hydrogens is 304 g/mol. The number of hydrogen-bond donors (Lipinski definition) is 0. The van der Waals surface area contributed by atoms with Crippen LogP contribution in [0.1, 0.15) is 0 Å². The first-order chi connectivity index (χ1) is 12.4. The summed E-state index contributed by atoms with van der Waals surface area (Å²) in [6.45, 7) is 0. The third kappa shape index (κ3) is 3.46. The predicted octanol–water partition coefficient (Wildman–Crippen LogP) is 6.61. The molecule has 0 spiro atoms. The van der Waals surface area contributed by atoms with Crippen molar-refractivity contribution in [3.8, 4) is 33.8 Å². The van der Waals surface area contributed by atoms with Gasteiger partial charge in [0.2, 0.25) is 0 Å². The van der Waals surface area contributed by atoms with Crippen molar-refractivity contribution >= 4 is 0 Å². The summed E-state index contributed by atoms with van der Waals surface area (Å²) < 4.78 is 5.88. The molecule has 119 valence electrons. The van der Waals surface area contributed by atoms with E-state index >= 15 is 0 Å². The van der Waals surface area contributed by atoms with Crippen molar-refractivity contribution in [3.63, 3.8) is 0 Å². The number of ether oxygens (including phenoxy) is 1. The van der Waals surface area contributed by atoms with E-state index in [1.165, 1.54) is 11.1 Å². The molecule has 4 aromatic carbocycles. The Labute approximate surface area is 148 Å². The molecule has 0 unspecified atom stereocenters. The van der Waals surface area contributed by atoms with Crippen LogP contribution in [-0.2, 0) is 0 Å². The fraction of sp³-hybridized carbons (Fsp3) is 0. The molecule has 0 saturated heterocycles. The van der Waals surface area contributed by atoms with Gasteiger partial charge in [0.1, 0.15) is 11.5 Å². The predicted molar refractivity (Wildman–Crippen MR) is 103 cm³/mol. The van der Waals surface area contributed by atoms with E-state index in [-0.39, 0.29) is 0 Å². The van der Waals surface area contributed by atoms with Crippen LogP contribution in [0.25, 0.3) is 22.3 Å². The molecule has 0 heterocycles. The average Bonchev–Trinajstić information content (AvgIpc) is 2.70. The van der Waals surface area contributed by atoms with E-state index in [0.717, 1.165) is 22.6 Å². The van der Waals surface area contributed by atoms with Gasteiger partial charge in [-0.05, 0) is 52.6 Å². The monoisotopic (exact) mass is 321 g/mol. The van der Waals surface area contributed by atoms with Crippen LogP contribution >= 0.6 is 0 Å². The van der Waals surface area contributed by atoms with Crippen LogP contribution in [0.3, 0.4) is 0 Å². The van der Waals surface area contributed by atoms with Crippen LogP contribution < -0.4 is 4.74 Å². The molecular formula is C24H17O. The van der Waals surface area contributed by atoms with Gasteiger partial charge in [-0.2, -0.15) is 0 Å². The van der Waals surface area contributed by atoms with Crippen molar-refractivity contribution in [1.82, 2.24) is 0 Å². The minimum absolute atomic E-state index is 0.830. The van der Waals surface area contributed by atoms with Gasteiger partial charge in [0.15, 0.2) is 0 Å². The minimum atomic E-state index is 0.830. The smallest absolute Gasteiger partial charge is 0.127 e. The zero-order valence-electron chi connectivity index (χ0n) is 13.7. The van der Waals surface area contributed by atoms with E-state index in [4.69, 9.17) is 4.74 Å². The quantitative estimate of drug-likeness (QED) is 0.411. The maximum atomic E-state index is 5.88. The fourth-order valence-corrected chi connectivity index (χ4v) is 2.85. The summed E-state index contributed by atoms with van der Waals surface area (Å²) in [4.78, 5) is 0. The van der Waals surface area contributed by atoms with E-state index < -0.39 is 0 Å². The molecule has 4 rings (SSSR count). The Morgan fingerprint density at radius 1 is 0.520 bits per heavy atom. The van der Waals surface area contributed by atoms with Gasteiger partial charge in [0.25, 0.3) is 0 Å². The van der Waals surface area contributed by atoms with Crippen molar-refractivity contribution < 1.29 is 4.74 Å². The molecule has 0 amide bonds. The molecule has 4 aromatic rings. The lowest BCUT2D eigenvalue weighted by Gasteiger charge is -2.11. The minimum Gasteiger partial charge on any atom is -0.457 e. The summed E-state index contributed by atoms with van der Waals surface area (Å²) in [5, 5.41) is 0. The average molecular weight is 321 g/mol. The third-order valence-corrected chi connectivity index (χ3v) is 4.06. The van der Waals surface area contributed by atoms with Gasteiger partial charge >= 0.3 is 0 Å². The second-order valence-electron chi connectivity index (χ2n) is 5.76. The van der Waals surface area contributed by atoms with Gasteiger partial charge in [-0.1, -0.05) is 78.9 Å². The van der Waals surface area contributed by atoms with Gasteiger partial charge in [-0.25, -0.2) is 0 Å². The Hall–Kier alpha value is -3.32. The molecule has 0 fully saturated rings. The van der Waals surface area contributed by atoms with Gasteiger partial charge < -0.3 is 4.74 Å². The van der Waals surface area contributed by atoms with Crippen molar-refractivity contribution in [2.24, 2.45) is 0 Å². The topological polar surface area (TPSA) is 9.23 Å². The SMILES string of the molecule is [c]1cccc(-c2ccc(Oc3ccccc3)cc2)c1-c1ccccc1. The molecule has 0 aliphatic carbocycles. The van der Waals surface area contributed by atoms with Crippen molar-refractivity contribution in [1.29, 1.82) is 0 Å². The van der Waals surface area contributed by atoms with Crippen molar-refractivity contribution in [2.75, 3.05) is 0 Å². The Bertz CT molecular complexity index is 942. The molecule has 0 atom stereocenters. The van der Waals surface area contributed by atoms with Crippen LogP contribution in [0.15, 0.2) is 103 Å². The summed E-state index contributed by atoms with van der Waals surface area (Å²) in [5.74, 6) is 1.67. The van der Waals surface area contributed by atoms with E-state index in [1.54, 1.807) is 0 Å². The Kier molecular flexibility index (Phi) is 4.30.